The Morgan fingerprint density at radius 3 is 2.67 bits per heavy atom. The summed E-state index contributed by atoms with van der Waals surface area (Å²) in [7, 11) is 0. The fourth-order valence-corrected chi connectivity index (χ4v) is 2.57. The molecule has 4 atom stereocenters. The molecule has 0 radical (unpaired) electrons. The molecular formula is C12H23NO2. The summed E-state index contributed by atoms with van der Waals surface area (Å²) in [5.41, 5.74) is 6.03. The Morgan fingerprint density at radius 1 is 1.20 bits per heavy atom. The highest BCUT2D eigenvalue weighted by Crippen LogP contribution is 2.23. The van der Waals surface area contributed by atoms with Gasteiger partial charge in [-0.3, -0.25) is 0 Å². The lowest BCUT2D eigenvalue weighted by Crippen LogP contribution is -2.40. The van der Waals surface area contributed by atoms with Gasteiger partial charge in [0.1, 0.15) is 0 Å². The van der Waals surface area contributed by atoms with E-state index in [1.54, 1.807) is 0 Å². The van der Waals surface area contributed by atoms with Crippen LogP contribution in [0, 0.1) is 0 Å². The average molecular weight is 213 g/mol. The van der Waals surface area contributed by atoms with Crippen LogP contribution in [0.3, 0.4) is 0 Å². The first-order valence-electron chi connectivity index (χ1n) is 6.28. The fourth-order valence-electron chi connectivity index (χ4n) is 2.57. The molecule has 0 amide bonds. The van der Waals surface area contributed by atoms with E-state index >= 15 is 0 Å². The first-order chi connectivity index (χ1) is 7.25. The summed E-state index contributed by atoms with van der Waals surface area (Å²) in [6.07, 6.45) is 8.09. The molecule has 2 fully saturated rings. The Hall–Kier alpha value is -0.120. The lowest BCUT2D eigenvalue weighted by atomic mass is 9.93. The molecule has 15 heavy (non-hydrogen) atoms. The number of rotatable bonds is 3. The Balaban J connectivity index is 1.68. The van der Waals surface area contributed by atoms with Gasteiger partial charge in [0.2, 0.25) is 0 Å². The molecule has 1 aliphatic heterocycles. The van der Waals surface area contributed by atoms with Gasteiger partial charge in [-0.2, -0.15) is 0 Å². The summed E-state index contributed by atoms with van der Waals surface area (Å²) in [5, 5.41) is 0. The summed E-state index contributed by atoms with van der Waals surface area (Å²) >= 11 is 0. The summed E-state index contributed by atoms with van der Waals surface area (Å²) in [6.45, 7) is 2.87. The molecule has 0 aromatic rings. The van der Waals surface area contributed by atoms with Crippen molar-refractivity contribution in [2.75, 3.05) is 6.61 Å². The van der Waals surface area contributed by atoms with E-state index in [-0.39, 0.29) is 12.1 Å². The predicted molar refractivity (Wildman–Crippen MR) is 59.8 cm³/mol. The maximum absolute atomic E-state index is 6.03. The van der Waals surface area contributed by atoms with E-state index in [1.807, 2.05) is 0 Å². The van der Waals surface area contributed by atoms with E-state index in [9.17, 15) is 0 Å². The minimum atomic E-state index is 0.248. The molecule has 1 saturated heterocycles. The van der Waals surface area contributed by atoms with Crippen LogP contribution in [0.5, 0.6) is 0 Å². The first-order valence-corrected chi connectivity index (χ1v) is 6.28. The van der Waals surface area contributed by atoms with Gasteiger partial charge in [0, 0.05) is 6.04 Å². The minimum Gasteiger partial charge on any atom is -0.374 e. The van der Waals surface area contributed by atoms with Crippen molar-refractivity contribution in [2.45, 2.75) is 69.8 Å². The quantitative estimate of drug-likeness (QED) is 0.778. The number of ether oxygens (including phenoxy) is 2. The van der Waals surface area contributed by atoms with Crippen LogP contribution in [0.4, 0.5) is 0 Å². The summed E-state index contributed by atoms with van der Waals surface area (Å²) in [4.78, 5) is 0. The second-order valence-corrected chi connectivity index (χ2v) is 4.97. The van der Waals surface area contributed by atoms with Crippen LogP contribution >= 0.6 is 0 Å². The molecule has 0 bridgehead atoms. The molecule has 1 aliphatic carbocycles. The summed E-state index contributed by atoms with van der Waals surface area (Å²) in [5.74, 6) is 0. The second kappa shape index (κ2) is 5.28. The van der Waals surface area contributed by atoms with Crippen LogP contribution in [0.25, 0.3) is 0 Å². The SMILES string of the molecule is CC1CCC(COC2CCCCC2N)O1. The van der Waals surface area contributed by atoms with Crippen molar-refractivity contribution < 1.29 is 9.47 Å². The first kappa shape index (κ1) is 11.4. The van der Waals surface area contributed by atoms with Gasteiger partial charge in [0.05, 0.1) is 24.9 Å². The molecule has 88 valence electrons. The molecule has 2 rings (SSSR count). The normalized spacial score (nSPS) is 42.0. The van der Waals surface area contributed by atoms with Crippen molar-refractivity contribution in [1.82, 2.24) is 0 Å². The van der Waals surface area contributed by atoms with E-state index in [2.05, 4.69) is 6.92 Å². The van der Waals surface area contributed by atoms with Crippen molar-refractivity contribution >= 4 is 0 Å². The summed E-state index contributed by atoms with van der Waals surface area (Å²) < 4.78 is 11.6. The highest BCUT2D eigenvalue weighted by atomic mass is 16.5. The average Bonchev–Trinajstić information content (AvgIpc) is 2.63. The fraction of sp³-hybridized carbons (Fsp3) is 1.00. The largest absolute Gasteiger partial charge is 0.374 e. The van der Waals surface area contributed by atoms with Crippen LogP contribution in [-0.4, -0.2) is 31.0 Å². The monoisotopic (exact) mass is 213 g/mol. The van der Waals surface area contributed by atoms with E-state index in [4.69, 9.17) is 15.2 Å². The lowest BCUT2D eigenvalue weighted by molar-refractivity contribution is -0.0528. The highest BCUT2D eigenvalue weighted by molar-refractivity contribution is 4.79. The van der Waals surface area contributed by atoms with E-state index in [0.29, 0.717) is 12.2 Å². The van der Waals surface area contributed by atoms with E-state index in [0.717, 1.165) is 25.9 Å². The zero-order valence-corrected chi connectivity index (χ0v) is 9.65. The van der Waals surface area contributed by atoms with Gasteiger partial charge in [-0.25, -0.2) is 0 Å². The third kappa shape index (κ3) is 3.16. The maximum atomic E-state index is 6.03. The number of nitrogens with two attached hydrogens (primary N) is 1. The Labute approximate surface area is 92.3 Å². The Bertz CT molecular complexity index is 198. The maximum Gasteiger partial charge on any atom is 0.0813 e. The molecule has 2 N–H and O–H groups in total. The smallest absolute Gasteiger partial charge is 0.0813 e. The van der Waals surface area contributed by atoms with Crippen molar-refractivity contribution in [2.24, 2.45) is 5.73 Å². The third-order valence-corrected chi connectivity index (χ3v) is 3.57. The molecule has 0 aromatic heterocycles. The van der Waals surface area contributed by atoms with E-state index in [1.165, 1.54) is 19.3 Å². The number of hydrogen-bond acceptors (Lipinski definition) is 3. The zero-order valence-electron chi connectivity index (χ0n) is 9.65. The van der Waals surface area contributed by atoms with Gasteiger partial charge < -0.3 is 15.2 Å². The van der Waals surface area contributed by atoms with Gasteiger partial charge >= 0.3 is 0 Å². The predicted octanol–water partition coefficient (Wildman–Crippen LogP) is 1.84. The van der Waals surface area contributed by atoms with Crippen LogP contribution in [0.15, 0.2) is 0 Å². The van der Waals surface area contributed by atoms with Crippen LogP contribution in [0.2, 0.25) is 0 Å². The van der Waals surface area contributed by atoms with Gasteiger partial charge in [0.15, 0.2) is 0 Å². The molecular weight excluding hydrogens is 190 g/mol. The molecule has 2 aliphatic rings. The Morgan fingerprint density at radius 2 is 2.00 bits per heavy atom. The molecule has 1 saturated carbocycles. The standard InChI is InChI=1S/C12H23NO2/c1-9-6-7-10(15-9)8-14-12-5-3-2-4-11(12)13/h9-12H,2-8,13H2,1H3. The number of hydrogen-bond donors (Lipinski definition) is 1. The highest BCUT2D eigenvalue weighted by Gasteiger charge is 2.26. The van der Waals surface area contributed by atoms with E-state index < -0.39 is 0 Å². The minimum absolute atomic E-state index is 0.248. The molecule has 3 nitrogen and oxygen atoms in total. The topological polar surface area (TPSA) is 44.5 Å². The van der Waals surface area contributed by atoms with Crippen LogP contribution in [0.1, 0.15) is 45.4 Å². The Kier molecular flexibility index (Phi) is 4.00. The lowest BCUT2D eigenvalue weighted by Gasteiger charge is -2.29. The zero-order chi connectivity index (χ0) is 10.7. The molecule has 4 unspecified atom stereocenters. The van der Waals surface area contributed by atoms with Crippen molar-refractivity contribution in [3.8, 4) is 0 Å². The van der Waals surface area contributed by atoms with Gasteiger partial charge in [-0.05, 0) is 32.6 Å². The van der Waals surface area contributed by atoms with Gasteiger partial charge in [-0.15, -0.1) is 0 Å². The molecule has 0 aromatic carbocycles. The third-order valence-electron chi connectivity index (χ3n) is 3.57. The molecule has 3 heteroatoms. The van der Waals surface area contributed by atoms with Crippen molar-refractivity contribution in [1.29, 1.82) is 0 Å². The van der Waals surface area contributed by atoms with Gasteiger partial charge in [-0.1, -0.05) is 12.8 Å². The van der Waals surface area contributed by atoms with Crippen molar-refractivity contribution in [3.05, 3.63) is 0 Å². The molecule has 1 heterocycles. The van der Waals surface area contributed by atoms with Crippen LogP contribution in [-0.2, 0) is 9.47 Å². The van der Waals surface area contributed by atoms with Gasteiger partial charge in [0.25, 0.3) is 0 Å². The summed E-state index contributed by atoms with van der Waals surface area (Å²) in [6, 6.07) is 0.248. The van der Waals surface area contributed by atoms with Crippen molar-refractivity contribution in [3.63, 3.8) is 0 Å². The second-order valence-electron chi connectivity index (χ2n) is 4.97. The molecule has 0 spiro atoms. The van der Waals surface area contributed by atoms with Crippen LogP contribution < -0.4 is 5.73 Å².